The maximum atomic E-state index is 5.58. The van der Waals surface area contributed by atoms with E-state index in [4.69, 9.17) is 13.3 Å². The van der Waals surface area contributed by atoms with Gasteiger partial charge in [0.1, 0.15) is 0 Å². The van der Waals surface area contributed by atoms with Gasteiger partial charge in [-0.15, -0.1) is 0 Å². The van der Waals surface area contributed by atoms with E-state index in [-0.39, 0.29) is 5.67 Å². The Kier molecular flexibility index (Phi) is 5.77. The van der Waals surface area contributed by atoms with Crippen molar-refractivity contribution in [3.8, 4) is 0 Å². The molecule has 0 bridgehead atoms. The van der Waals surface area contributed by atoms with Gasteiger partial charge in [-0.25, -0.2) is 0 Å². The zero-order chi connectivity index (χ0) is 12.7. The van der Waals surface area contributed by atoms with E-state index in [1.165, 1.54) is 0 Å². The molecule has 0 N–H and O–H groups in total. The molecule has 1 heterocycles. The molecule has 1 aromatic heterocycles. The summed E-state index contributed by atoms with van der Waals surface area (Å²) in [7, 11) is 2.33. The largest absolute Gasteiger partial charge is 0.572 e. The summed E-state index contributed by atoms with van der Waals surface area (Å²) in [4.78, 5) is 0. The maximum absolute atomic E-state index is 5.58. The Balaban J connectivity index is 3.07. The van der Waals surface area contributed by atoms with Crippen molar-refractivity contribution in [2.45, 2.75) is 25.4 Å². The number of nitrogens with zero attached hydrogens (tertiary/aromatic N) is 1. The van der Waals surface area contributed by atoms with Crippen LogP contribution in [-0.2, 0) is 13.3 Å². The van der Waals surface area contributed by atoms with E-state index in [9.17, 15) is 0 Å². The number of pyridine rings is 1. The summed E-state index contributed by atoms with van der Waals surface area (Å²) in [6.07, 6.45) is 6.08. The molecule has 1 unspecified atom stereocenters. The number of rotatable bonds is 7. The molecule has 0 radical (unpaired) electrons. The third kappa shape index (κ3) is 3.13. The molecule has 0 saturated heterocycles. The van der Waals surface area contributed by atoms with Gasteiger partial charge < -0.3 is 13.3 Å². The van der Waals surface area contributed by atoms with E-state index in [0.717, 1.165) is 12.8 Å². The summed E-state index contributed by atoms with van der Waals surface area (Å²) in [6, 6.07) is 6.00. The second kappa shape index (κ2) is 6.86. The van der Waals surface area contributed by atoms with Crippen LogP contribution in [0.1, 0.15) is 25.4 Å². The predicted molar refractivity (Wildman–Crippen MR) is 67.4 cm³/mol. The Morgan fingerprint density at radius 2 is 1.53 bits per heavy atom. The van der Waals surface area contributed by atoms with E-state index in [0.29, 0.717) is 0 Å². The zero-order valence-corrected chi connectivity index (χ0v) is 12.1. The highest BCUT2D eigenvalue weighted by Crippen LogP contribution is 2.23. The van der Waals surface area contributed by atoms with Crippen molar-refractivity contribution in [1.29, 1.82) is 0 Å². The molecule has 0 saturated carbocycles. The average molecular weight is 256 g/mol. The summed E-state index contributed by atoms with van der Waals surface area (Å²) < 4.78 is 18.9. The van der Waals surface area contributed by atoms with Crippen LogP contribution in [0.2, 0.25) is 0 Å². The maximum Gasteiger partial charge on any atom is 0.572 e. The molecule has 0 aromatic carbocycles. The molecule has 0 spiro atoms. The normalized spacial score (nSPS) is 13.6. The minimum Gasteiger partial charge on any atom is -0.373 e. The lowest BCUT2D eigenvalue weighted by atomic mass is 10.3. The smallest absolute Gasteiger partial charge is 0.373 e. The van der Waals surface area contributed by atoms with Crippen molar-refractivity contribution < 1.29 is 17.8 Å². The topological polar surface area (TPSA) is 31.6 Å². The van der Waals surface area contributed by atoms with Crippen LogP contribution in [0.4, 0.5) is 0 Å². The van der Waals surface area contributed by atoms with Crippen LogP contribution in [0.25, 0.3) is 0 Å². The summed E-state index contributed by atoms with van der Waals surface area (Å²) in [6.45, 7) is 2.15. The fourth-order valence-electron chi connectivity index (χ4n) is 2.06. The molecule has 1 atom stereocenters. The van der Waals surface area contributed by atoms with E-state index >= 15 is 0 Å². The van der Waals surface area contributed by atoms with Crippen molar-refractivity contribution in [2.24, 2.45) is 0 Å². The van der Waals surface area contributed by atoms with E-state index in [1.54, 1.807) is 21.3 Å². The first kappa shape index (κ1) is 14.3. The van der Waals surface area contributed by atoms with Gasteiger partial charge in [0.15, 0.2) is 12.4 Å². The van der Waals surface area contributed by atoms with Gasteiger partial charge in [-0.3, -0.25) is 0 Å². The lowest BCUT2D eigenvalue weighted by molar-refractivity contribution is -0.710. The van der Waals surface area contributed by atoms with Crippen molar-refractivity contribution in [3.63, 3.8) is 0 Å². The standard InChI is InChI=1S/C12H22NO3Si/c1-5-9-12(13-10-7-6-8-11-13)17(14-2,15-3)16-4/h6-8,10-12H,5,9H2,1-4H3/q+1. The van der Waals surface area contributed by atoms with E-state index < -0.39 is 8.80 Å². The quantitative estimate of drug-likeness (QED) is 0.550. The van der Waals surface area contributed by atoms with Crippen LogP contribution < -0.4 is 4.57 Å². The lowest BCUT2D eigenvalue weighted by Crippen LogP contribution is -2.60. The molecular formula is C12H22NO3Si+. The fourth-order valence-corrected chi connectivity index (χ4v) is 4.56. The molecule has 4 nitrogen and oxygen atoms in total. The molecule has 0 amide bonds. The predicted octanol–water partition coefficient (Wildman–Crippen LogP) is 1.73. The van der Waals surface area contributed by atoms with Crippen molar-refractivity contribution >= 4 is 8.80 Å². The second-order valence-electron chi connectivity index (χ2n) is 3.84. The number of hydrogen-bond acceptors (Lipinski definition) is 3. The first-order valence-electron chi connectivity index (χ1n) is 5.85. The van der Waals surface area contributed by atoms with Crippen LogP contribution in [0.5, 0.6) is 0 Å². The SMILES string of the molecule is CCCC([n+]1ccccc1)[Si](OC)(OC)OC. The van der Waals surface area contributed by atoms with E-state index in [2.05, 4.69) is 11.5 Å². The molecule has 17 heavy (non-hydrogen) atoms. The zero-order valence-electron chi connectivity index (χ0n) is 11.1. The Morgan fingerprint density at radius 1 is 1.00 bits per heavy atom. The Hall–Kier alpha value is -0.753. The lowest BCUT2D eigenvalue weighted by Gasteiger charge is -2.28. The monoisotopic (exact) mass is 256 g/mol. The Labute approximate surface area is 105 Å². The molecule has 96 valence electrons. The number of hydrogen-bond donors (Lipinski definition) is 0. The molecule has 0 fully saturated rings. The van der Waals surface area contributed by atoms with Gasteiger partial charge in [0.2, 0.25) is 5.67 Å². The fraction of sp³-hybridized carbons (Fsp3) is 0.583. The summed E-state index contributed by atoms with van der Waals surface area (Å²) in [5, 5.41) is 0. The van der Waals surface area contributed by atoms with Crippen LogP contribution in [0, 0.1) is 0 Å². The number of aromatic nitrogens is 1. The first-order chi connectivity index (χ1) is 8.24. The third-order valence-electron chi connectivity index (χ3n) is 2.92. The molecule has 0 aliphatic carbocycles. The highest BCUT2D eigenvalue weighted by Gasteiger charge is 2.53. The molecule has 0 aliphatic heterocycles. The minimum atomic E-state index is -2.65. The highest BCUT2D eigenvalue weighted by atomic mass is 28.4. The molecule has 0 aliphatic rings. The van der Waals surface area contributed by atoms with Gasteiger partial charge >= 0.3 is 8.80 Å². The molecular weight excluding hydrogens is 234 g/mol. The van der Waals surface area contributed by atoms with Crippen molar-refractivity contribution in [3.05, 3.63) is 30.6 Å². The van der Waals surface area contributed by atoms with Gasteiger partial charge in [-0.05, 0) is 6.42 Å². The van der Waals surface area contributed by atoms with Crippen molar-refractivity contribution in [2.75, 3.05) is 21.3 Å². The molecule has 5 heteroatoms. The molecule has 1 aromatic rings. The van der Waals surface area contributed by atoms with Gasteiger partial charge in [-0.2, -0.15) is 4.57 Å². The van der Waals surface area contributed by atoms with Gasteiger partial charge in [0, 0.05) is 39.9 Å². The summed E-state index contributed by atoms with van der Waals surface area (Å²) in [5.41, 5.74) is 0.119. The Morgan fingerprint density at radius 3 is 1.94 bits per heavy atom. The van der Waals surface area contributed by atoms with Gasteiger partial charge in [0.25, 0.3) is 0 Å². The second-order valence-corrected chi connectivity index (χ2v) is 6.94. The van der Waals surface area contributed by atoms with Gasteiger partial charge in [-0.1, -0.05) is 13.0 Å². The van der Waals surface area contributed by atoms with Crippen LogP contribution >= 0.6 is 0 Å². The van der Waals surface area contributed by atoms with Crippen LogP contribution in [0.15, 0.2) is 30.6 Å². The van der Waals surface area contributed by atoms with E-state index in [1.807, 2.05) is 30.6 Å². The average Bonchev–Trinajstić information content (AvgIpc) is 2.41. The molecule has 1 rings (SSSR count). The summed E-state index contributed by atoms with van der Waals surface area (Å²) >= 11 is 0. The summed E-state index contributed by atoms with van der Waals surface area (Å²) in [5.74, 6) is 0. The van der Waals surface area contributed by atoms with Crippen molar-refractivity contribution in [1.82, 2.24) is 0 Å². The third-order valence-corrected chi connectivity index (χ3v) is 6.03. The van der Waals surface area contributed by atoms with Gasteiger partial charge in [0.05, 0.1) is 0 Å². The first-order valence-corrected chi connectivity index (χ1v) is 7.65. The minimum absolute atomic E-state index is 0.119. The van der Waals surface area contributed by atoms with Crippen LogP contribution in [-0.4, -0.2) is 30.1 Å². The Bertz CT molecular complexity index is 309. The highest BCUT2D eigenvalue weighted by molar-refractivity contribution is 6.60. The van der Waals surface area contributed by atoms with Crippen LogP contribution in [0.3, 0.4) is 0 Å².